The fourth-order valence-corrected chi connectivity index (χ4v) is 4.04. The third-order valence-electron chi connectivity index (χ3n) is 2.50. The van der Waals surface area contributed by atoms with E-state index < -0.39 is 10.0 Å². The van der Waals surface area contributed by atoms with Gasteiger partial charge in [-0.15, -0.1) is 11.3 Å². The first-order valence-corrected chi connectivity index (χ1v) is 8.00. The van der Waals surface area contributed by atoms with Crippen molar-refractivity contribution in [3.8, 4) is 0 Å². The summed E-state index contributed by atoms with van der Waals surface area (Å²) in [5, 5.41) is 2.99. The Morgan fingerprint density at radius 2 is 2.11 bits per heavy atom. The Bertz CT molecular complexity index is 665. The molecule has 0 atom stereocenters. The fourth-order valence-electron chi connectivity index (χ4n) is 1.56. The summed E-state index contributed by atoms with van der Waals surface area (Å²) in [5.74, 6) is 0. The summed E-state index contributed by atoms with van der Waals surface area (Å²) in [6.07, 6.45) is 1.63. The molecular formula is C12H15N3O2S2. The topological polar surface area (TPSA) is 71.1 Å². The molecule has 5 nitrogen and oxygen atoms in total. The molecule has 0 saturated carbocycles. The van der Waals surface area contributed by atoms with E-state index in [0.29, 0.717) is 22.1 Å². The van der Waals surface area contributed by atoms with E-state index in [-0.39, 0.29) is 0 Å². The summed E-state index contributed by atoms with van der Waals surface area (Å²) >= 11 is 1.26. The number of hydrogen-bond donors (Lipinski definition) is 2. The van der Waals surface area contributed by atoms with E-state index in [9.17, 15) is 8.42 Å². The summed E-state index contributed by atoms with van der Waals surface area (Å²) in [4.78, 5) is 5.04. The minimum atomic E-state index is -3.53. The number of aryl methyl sites for hydroxylation is 1. The molecule has 0 saturated heterocycles. The minimum absolute atomic E-state index is 0.306. The maximum Gasteiger partial charge on any atom is 0.271 e. The van der Waals surface area contributed by atoms with Crippen molar-refractivity contribution in [2.75, 3.05) is 11.8 Å². The van der Waals surface area contributed by atoms with Crippen molar-refractivity contribution in [1.29, 1.82) is 0 Å². The van der Waals surface area contributed by atoms with Gasteiger partial charge in [-0.2, -0.15) is 0 Å². The van der Waals surface area contributed by atoms with Crippen LogP contribution in [-0.2, 0) is 16.6 Å². The molecule has 0 fully saturated rings. The van der Waals surface area contributed by atoms with Gasteiger partial charge in [0, 0.05) is 17.6 Å². The molecule has 0 aliphatic heterocycles. The van der Waals surface area contributed by atoms with Gasteiger partial charge in [0.25, 0.3) is 10.0 Å². The molecule has 0 spiro atoms. The minimum Gasteiger partial charge on any atom is -0.315 e. The maximum absolute atomic E-state index is 12.2. The molecule has 2 heterocycles. The molecule has 7 heteroatoms. The van der Waals surface area contributed by atoms with Crippen molar-refractivity contribution in [1.82, 2.24) is 10.3 Å². The molecule has 2 rings (SSSR count). The van der Waals surface area contributed by atoms with Crippen LogP contribution >= 0.6 is 11.3 Å². The van der Waals surface area contributed by atoms with E-state index in [1.54, 1.807) is 31.3 Å². The Morgan fingerprint density at radius 3 is 2.79 bits per heavy atom. The van der Waals surface area contributed by atoms with Gasteiger partial charge in [-0.3, -0.25) is 9.71 Å². The molecule has 0 radical (unpaired) electrons. The van der Waals surface area contributed by atoms with E-state index >= 15 is 0 Å². The highest BCUT2D eigenvalue weighted by atomic mass is 32.2. The molecule has 19 heavy (non-hydrogen) atoms. The van der Waals surface area contributed by atoms with Crippen LogP contribution < -0.4 is 10.0 Å². The lowest BCUT2D eigenvalue weighted by Crippen LogP contribution is -2.12. The molecular weight excluding hydrogens is 282 g/mol. The Kier molecular flexibility index (Phi) is 4.18. The lowest BCUT2D eigenvalue weighted by molar-refractivity contribution is 0.603. The Hall–Kier alpha value is -1.44. The average molecular weight is 297 g/mol. The molecule has 0 aromatic carbocycles. The second kappa shape index (κ2) is 5.68. The van der Waals surface area contributed by atoms with Crippen LogP contribution in [0.15, 0.2) is 34.7 Å². The lowest BCUT2D eigenvalue weighted by Gasteiger charge is -2.07. The highest BCUT2D eigenvalue weighted by Gasteiger charge is 2.17. The van der Waals surface area contributed by atoms with Crippen LogP contribution in [0, 0.1) is 6.92 Å². The first-order chi connectivity index (χ1) is 9.03. The number of nitrogens with one attached hydrogen (secondary N) is 2. The molecule has 0 aliphatic rings. The summed E-state index contributed by atoms with van der Waals surface area (Å²) < 4.78 is 27.3. The van der Waals surface area contributed by atoms with Gasteiger partial charge >= 0.3 is 0 Å². The van der Waals surface area contributed by atoms with Gasteiger partial charge in [0.15, 0.2) is 0 Å². The largest absolute Gasteiger partial charge is 0.315 e. The van der Waals surface area contributed by atoms with Gasteiger partial charge in [0.2, 0.25) is 0 Å². The van der Waals surface area contributed by atoms with Crippen molar-refractivity contribution in [2.45, 2.75) is 17.7 Å². The third-order valence-corrected chi connectivity index (χ3v) is 5.45. The molecule has 2 aromatic heterocycles. The van der Waals surface area contributed by atoms with E-state index in [1.165, 1.54) is 11.3 Å². The number of pyridine rings is 1. The number of sulfonamides is 1. The zero-order chi connectivity index (χ0) is 13.9. The molecule has 0 bridgehead atoms. The summed E-state index contributed by atoms with van der Waals surface area (Å²) in [5.41, 5.74) is 1.16. The van der Waals surface area contributed by atoms with Gasteiger partial charge < -0.3 is 5.32 Å². The summed E-state index contributed by atoms with van der Waals surface area (Å²) in [6.45, 7) is 2.42. The molecule has 2 N–H and O–H groups in total. The van der Waals surface area contributed by atoms with E-state index in [0.717, 1.165) is 4.88 Å². The van der Waals surface area contributed by atoms with Gasteiger partial charge in [-0.25, -0.2) is 8.42 Å². The summed E-state index contributed by atoms with van der Waals surface area (Å²) in [7, 11) is -1.71. The van der Waals surface area contributed by atoms with E-state index in [1.807, 2.05) is 13.1 Å². The first kappa shape index (κ1) is 14.0. The van der Waals surface area contributed by atoms with Crippen LogP contribution in [0.5, 0.6) is 0 Å². The van der Waals surface area contributed by atoms with E-state index in [2.05, 4.69) is 15.0 Å². The number of hydrogen-bond acceptors (Lipinski definition) is 5. The van der Waals surface area contributed by atoms with Crippen LogP contribution in [0.2, 0.25) is 0 Å². The molecule has 2 aromatic rings. The lowest BCUT2D eigenvalue weighted by atomic mass is 10.3. The van der Waals surface area contributed by atoms with Gasteiger partial charge in [-0.1, -0.05) is 0 Å². The predicted molar refractivity (Wildman–Crippen MR) is 76.9 cm³/mol. The van der Waals surface area contributed by atoms with Crippen LogP contribution in [-0.4, -0.2) is 20.4 Å². The van der Waals surface area contributed by atoms with Gasteiger partial charge in [0.05, 0.1) is 11.4 Å². The van der Waals surface area contributed by atoms with Crippen LogP contribution in [0.4, 0.5) is 5.69 Å². The zero-order valence-electron chi connectivity index (χ0n) is 10.7. The van der Waals surface area contributed by atoms with Crippen molar-refractivity contribution in [2.24, 2.45) is 0 Å². The highest BCUT2D eigenvalue weighted by Crippen LogP contribution is 2.24. The van der Waals surface area contributed by atoms with Crippen LogP contribution in [0.25, 0.3) is 0 Å². The Balaban J connectivity index is 2.25. The predicted octanol–water partition coefficient (Wildman–Crippen LogP) is 1.97. The normalized spacial score (nSPS) is 11.5. The number of anilines is 1. The van der Waals surface area contributed by atoms with Crippen LogP contribution in [0.3, 0.4) is 0 Å². The van der Waals surface area contributed by atoms with Gasteiger partial charge in [0.1, 0.15) is 4.21 Å². The molecule has 0 aliphatic carbocycles. The first-order valence-electron chi connectivity index (χ1n) is 5.70. The maximum atomic E-state index is 12.2. The molecule has 102 valence electrons. The van der Waals surface area contributed by atoms with Crippen molar-refractivity contribution in [3.63, 3.8) is 0 Å². The molecule has 0 unspecified atom stereocenters. The number of rotatable bonds is 5. The monoisotopic (exact) mass is 297 g/mol. The Morgan fingerprint density at radius 1 is 1.32 bits per heavy atom. The summed E-state index contributed by atoms with van der Waals surface area (Å²) in [6, 6.07) is 6.82. The highest BCUT2D eigenvalue weighted by molar-refractivity contribution is 7.94. The quantitative estimate of drug-likeness (QED) is 0.885. The van der Waals surface area contributed by atoms with Crippen molar-refractivity contribution < 1.29 is 8.42 Å². The third kappa shape index (κ3) is 3.31. The smallest absolute Gasteiger partial charge is 0.271 e. The van der Waals surface area contributed by atoms with Gasteiger partial charge in [-0.05, 0) is 38.2 Å². The van der Waals surface area contributed by atoms with E-state index in [4.69, 9.17) is 0 Å². The zero-order valence-corrected chi connectivity index (χ0v) is 12.3. The average Bonchev–Trinajstić information content (AvgIpc) is 2.82. The second-order valence-corrected chi connectivity index (χ2v) is 7.07. The van der Waals surface area contributed by atoms with Crippen molar-refractivity contribution >= 4 is 27.0 Å². The van der Waals surface area contributed by atoms with Crippen molar-refractivity contribution in [3.05, 3.63) is 41.0 Å². The fraction of sp³-hybridized carbons (Fsp3) is 0.250. The Labute approximate surface area is 116 Å². The standard InChI is InChI=1S/C12H15N3O2S2/c1-9-11(4-3-7-14-9)15-19(16,17)12-6-5-10(18-12)8-13-2/h3-7,13,15H,8H2,1-2H3. The number of nitrogens with zero attached hydrogens (tertiary/aromatic N) is 1. The second-order valence-electron chi connectivity index (χ2n) is 3.99. The SMILES string of the molecule is CNCc1ccc(S(=O)(=O)Nc2cccnc2C)s1. The van der Waals surface area contributed by atoms with Crippen LogP contribution in [0.1, 0.15) is 10.6 Å². The molecule has 0 amide bonds. The number of thiophene rings is 1. The number of aromatic nitrogens is 1.